The molecular weight excluding hydrogens is 376 g/mol. The van der Waals surface area contributed by atoms with Gasteiger partial charge in [0.1, 0.15) is 5.75 Å². The van der Waals surface area contributed by atoms with Crippen LogP contribution in [0.4, 0.5) is 0 Å². The molecule has 4 aromatic rings. The second kappa shape index (κ2) is 6.14. The predicted octanol–water partition coefficient (Wildman–Crippen LogP) is 5.29. The molecule has 0 radical (unpaired) electrons. The summed E-state index contributed by atoms with van der Waals surface area (Å²) >= 11 is 5.20. The maximum Gasteiger partial charge on any atom is 0.264 e. The van der Waals surface area contributed by atoms with E-state index in [0.717, 1.165) is 26.6 Å². The minimum atomic E-state index is 0.230. The van der Waals surface area contributed by atoms with Crippen LogP contribution in [0.25, 0.3) is 22.2 Å². The van der Waals surface area contributed by atoms with Gasteiger partial charge in [0.05, 0.1) is 4.47 Å². The fraction of sp³-hybridized carbons (Fsp3) is 0.0588. The molecule has 0 N–H and O–H groups in total. The molecule has 0 aliphatic carbocycles. The van der Waals surface area contributed by atoms with Crippen molar-refractivity contribution < 1.29 is 9.26 Å². The zero-order valence-electron chi connectivity index (χ0n) is 11.9. The Bertz CT molecular complexity index is 950. The second-order valence-electron chi connectivity index (χ2n) is 4.91. The summed E-state index contributed by atoms with van der Waals surface area (Å²) in [6.07, 6.45) is 0. The molecule has 0 saturated heterocycles. The van der Waals surface area contributed by atoms with Gasteiger partial charge in [-0.3, -0.25) is 0 Å². The van der Waals surface area contributed by atoms with E-state index in [0.29, 0.717) is 11.7 Å². The van der Waals surface area contributed by atoms with Crippen LogP contribution in [0.15, 0.2) is 62.2 Å². The van der Waals surface area contributed by atoms with Crippen molar-refractivity contribution >= 4 is 38.0 Å². The van der Waals surface area contributed by atoms with Crippen LogP contribution in [0.1, 0.15) is 5.89 Å². The Balaban J connectivity index is 1.54. The summed E-state index contributed by atoms with van der Waals surface area (Å²) in [6, 6.07) is 14.0. The van der Waals surface area contributed by atoms with Crippen LogP contribution in [0, 0.1) is 0 Å². The zero-order chi connectivity index (χ0) is 15.6. The van der Waals surface area contributed by atoms with Gasteiger partial charge in [0.25, 0.3) is 5.89 Å². The molecule has 0 unspecified atom stereocenters. The van der Waals surface area contributed by atoms with Crippen LogP contribution < -0.4 is 4.74 Å². The first kappa shape index (κ1) is 14.4. The number of rotatable bonds is 4. The lowest BCUT2D eigenvalue weighted by molar-refractivity contribution is 0.242. The number of ether oxygens (including phenoxy) is 1. The molecule has 6 heteroatoms. The van der Waals surface area contributed by atoms with Gasteiger partial charge in [0.2, 0.25) is 5.82 Å². The largest absolute Gasteiger partial charge is 0.483 e. The molecule has 0 fully saturated rings. The van der Waals surface area contributed by atoms with Crippen molar-refractivity contribution in [2.24, 2.45) is 0 Å². The zero-order valence-corrected chi connectivity index (χ0v) is 14.3. The van der Waals surface area contributed by atoms with E-state index >= 15 is 0 Å². The predicted molar refractivity (Wildman–Crippen MR) is 93.6 cm³/mol. The lowest BCUT2D eigenvalue weighted by Gasteiger charge is -2.08. The third-order valence-electron chi connectivity index (χ3n) is 3.43. The van der Waals surface area contributed by atoms with Crippen LogP contribution in [0.3, 0.4) is 0 Å². The van der Waals surface area contributed by atoms with E-state index in [-0.39, 0.29) is 6.61 Å². The van der Waals surface area contributed by atoms with Crippen LogP contribution in [-0.4, -0.2) is 10.1 Å². The van der Waals surface area contributed by atoms with Crippen molar-refractivity contribution in [2.45, 2.75) is 6.61 Å². The molecule has 0 aliphatic heterocycles. The highest BCUT2D eigenvalue weighted by Gasteiger charge is 2.11. The van der Waals surface area contributed by atoms with Crippen LogP contribution in [0.5, 0.6) is 5.75 Å². The molecule has 2 heterocycles. The number of thiophene rings is 1. The van der Waals surface area contributed by atoms with Crippen LogP contribution in [-0.2, 0) is 6.61 Å². The molecule has 114 valence electrons. The van der Waals surface area contributed by atoms with Crippen molar-refractivity contribution in [3.8, 4) is 17.1 Å². The SMILES string of the molecule is Brc1c(OCc2nc(-c3ccsc3)no2)ccc2ccccc12. The molecule has 23 heavy (non-hydrogen) atoms. The van der Waals surface area contributed by atoms with Gasteiger partial charge in [0, 0.05) is 10.9 Å². The molecule has 0 bridgehead atoms. The number of hydrogen-bond donors (Lipinski definition) is 0. The third kappa shape index (κ3) is 2.87. The molecule has 2 aromatic heterocycles. The number of hydrogen-bond acceptors (Lipinski definition) is 5. The summed E-state index contributed by atoms with van der Waals surface area (Å²) in [6.45, 7) is 0.230. The summed E-state index contributed by atoms with van der Waals surface area (Å²) < 4.78 is 12.0. The maximum absolute atomic E-state index is 5.82. The summed E-state index contributed by atoms with van der Waals surface area (Å²) in [4.78, 5) is 4.35. The molecule has 0 aliphatic rings. The van der Waals surface area contributed by atoms with E-state index < -0.39 is 0 Å². The Kier molecular flexibility index (Phi) is 3.85. The highest BCUT2D eigenvalue weighted by atomic mass is 79.9. The minimum absolute atomic E-state index is 0.230. The Morgan fingerprint density at radius 1 is 1.13 bits per heavy atom. The van der Waals surface area contributed by atoms with Gasteiger partial charge >= 0.3 is 0 Å². The second-order valence-corrected chi connectivity index (χ2v) is 6.48. The summed E-state index contributed by atoms with van der Waals surface area (Å²) in [7, 11) is 0. The quantitative estimate of drug-likeness (QED) is 0.477. The van der Waals surface area contributed by atoms with E-state index in [2.05, 4.69) is 32.1 Å². The molecule has 0 saturated carbocycles. The molecule has 0 atom stereocenters. The van der Waals surface area contributed by atoms with E-state index in [1.54, 1.807) is 11.3 Å². The molecule has 4 rings (SSSR count). The first-order valence-corrected chi connectivity index (χ1v) is 8.70. The van der Waals surface area contributed by atoms with Crippen molar-refractivity contribution in [1.29, 1.82) is 0 Å². The van der Waals surface area contributed by atoms with E-state index in [4.69, 9.17) is 9.26 Å². The number of aromatic nitrogens is 2. The first-order valence-electron chi connectivity index (χ1n) is 6.96. The van der Waals surface area contributed by atoms with Crippen molar-refractivity contribution in [3.05, 3.63) is 63.6 Å². The van der Waals surface area contributed by atoms with Gasteiger partial charge in [-0.1, -0.05) is 35.5 Å². The molecule has 4 nitrogen and oxygen atoms in total. The molecular formula is C17H11BrN2O2S. The normalized spacial score (nSPS) is 11.0. The maximum atomic E-state index is 5.82. The highest BCUT2D eigenvalue weighted by molar-refractivity contribution is 9.10. The molecule has 0 amide bonds. The first-order chi connectivity index (χ1) is 11.3. The highest BCUT2D eigenvalue weighted by Crippen LogP contribution is 2.33. The van der Waals surface area contributed by atoms with Gasteiger partial charge in [-0.2, -0.15) is 16.3 Å². The monoisotopic (exact) mass is 386 g/mol. The van der Waals surface area contributed by atoms with Crippen molar-refractivity contribution in [1.82, 2.24) is 10.1 Å². The fourth-order valence-corrected chi connectivity index (χ4v) is 3.53. The Morgan fingerprint density at radius 3 is 2.91 bits per heavy atom. The molecule has 2 aromatic carbocycles. The Morgan fingerprint density at radius 2 is 2.04 bits per heavy atom. The van der Waals surface area contributed by atoms with E-state index in [1.165, 1.54) is 0 Å². The number of benzene rings is 2. The number of nitrogens with zero attached hydrogens (tertiary/aromatic N) is 2. The standard InChI is InChI=1S/C17H11BrN2O2S/c18-16-13-4-2-1-3-11(13)5-6-14(16)21-9-15-19-17(20-22-15)12-7-8-23-10-12/h1-8,10H,9H2. The average Bonchev–Trinajstić information content (AvgIpc) is 3.26. The summed E-state index contributed by atoms with van der Waals surface area (Å²) in [5.74, 6) is 1.78. The topological polar surface area (TPSA) is 48.2 Å². The third-order valence-corrected chi connectivity index (χ3v) is 4.93. The summed E-state index contributed by atoms with van der Waals surface area (Å²) in [5, 5.41) is 10.2. The smallest absolute Gasteiger partial charge is 0.264 e. The Labute approximate surface area is 144 Å². The lowest BCUT2D eigenvalue weighted by atomic mass is 10.1. The number of fused-ring (bicyclic) bond motifs is 1. The van der Waals surface area contributed by atoms with E-state index in [1.807, 2.05) is 47.2 Å². The van der Waals surface area contributed by atoms with Gasteiger partial charge in [-0.05, 0) is 44.2 Å². The lowest BCUT2D eigenvalue weighted by Crippen LogP contribution is -1.96. The Hall–Kier alpha value is -2.18. The van der Waals surface area contributed by atoms with Gasteiger partial charge in [0.15, 0.2) is 6.61 Å². The molecule has 0 spiro atoms. The van der Waals surface area contributed by atoms with Crippen LogP contribution >= 0.6 is 27.3 Å². The van der Waals surface area contributed by atoms with Crippen molar-refractivity contribution in [3.63, 3.8) is 0 Å². The van der Waals surface area contributed by atoms with E-state index in [9.17, 15) is 0 Å². The summed E-state index contributed by atoms with van der Waals surface area (Å²) in [5.41, 5.74) is 0.955. The average molecular weight is 387 g/mol. The number of halogens is 1. The minimum Gasteiger partial charge on any atom is -0.483 e. The van der Waals surface area contributed by atoms with Crippen LogP contribution in [0.2, 0.25) is 0 Å². The van der Waals surface area contributed by atoms with Crippen molar-refractivity contribution in [2.75, 3.05) is 0 Å². The van der Waals surface area contributed by atoms with Gasteiger partial charge in [-0.25, -0.2) is 0 Å². The fourth-order valence-electron chi connectivity index (χ4n) is 2.29. The van der Waals surface area contributed by atoms with Gasteiger partial charge in [-0.15, -0.1) is 0 Å². The van der Waals surface area contributed by atoms with Gasteiger partial charge < -0.3 is 9.26 Å².